The molecule has 0 amide bonds. The first-order chi connectivity index (χ1) is 10.8. The van der Waals surface area contributed by atoms with Gasteiger partial charge in [-0.15, -0.1) is 0 Å². The van der Waals surface area contributed by atoms with Gasteiger partial charge in [-0.25, -0.2) is 4.39 Å². The lowest BCUT2D eigenvalue weighted by Crippen LogP contribution is -2.27. The van der Waals surface area contributed by atoms with Gasteiger partial charge in [0.1, 0.15) is 11.6 Å². The third-order valence-electron chi connectivity index (χ3n) is 3.96. The Hall–Kier alpha value is -1.87. The van der Waals surface area contributed by atoms with Gasteiger partial charge in [-0.2, -0.15) is 0 Å². The summed E-state index contributed by atoms with van der Waals surface area (Å²) < 4.78 is 18.7. The third-order valence-corrected chi connectivity index (χ3v) is 3.96. The van der Waals surface area contributed by atoms with Crippen LogP contribution in [0.15, 0.2) is 54.6 Å². The Morgan fingerprint density at radius 2 is 1.73 bits per heavy atom. The van der Waals surface area contributed by atoms with Gasteiger partial charge in [0.25, 0.3) is 0 Å². The molecule has 0 saturated heterocycles. The molecule has 0 spiro atoms. The van der Waals surface area contributed by atoms with Crippen LogP contribution in [0.2, 0.25) is 0 Å². The minimum absolute atomic E-state index is 0.169. The summed E-state index contributed by atoms with van der Waals surface area (Å²) in [6.45, 7) is 2.65. The Kier molecular flexibility index (Phi) is 5.07. The molecule has 116 valence electrons. The first-order valence-corrected chi connectivity index (χ1v) is 7.97. The van der Waals surface area contributed by atoms with Crippen LogP contribution in [0.25, 0.3) is 0 Å². The minimum atomic E-state index is -0.169. The van der Waals surface area contributed by atoms with E-state index in [-0.39, 0.29) is 5.82 Å². The quantitative estimate of drug-likeness (QED) is 0.675. The second-order valence-electron chi connectivity index (χ2n) is 5.84. The summed E-state index contributed by atoms with van der Waals surface area (Å²) in [7, 11) is 0. The van der Waals surface area contributed by atoms with Crippen LogP contribution in [0.3, 0.4) is 0 Å². The van der Waals surface area contributed by atoms with Crippen LogP contribution in [0.4, 0.5) is 4.39 Å². The number of hydrogen-bond acceptors (Lipinski definition) is 2. The Balaban J connectivity index is 1.45. The highest BCUT2D eigenvalue weighted by atomic mass is 19.1. The highest BCUT2D eigenvalue weighted by Gasteiger charge is 2.28. The van der Waals surface area contributed by atoms with Crippen molar-refractivity contribution >= 4 is 0 Å². The van der Waals surface area contributed by atoms with Crippen molar-refractivity contribution in [1.82, 2.24) is 4.90 Å². The second kappa shape index (κ2) is 7.41. The standard InChI is InChI=1S/C19H22FNO/c20-17-9-7-16(8-10-17)15-21(18-11-12-18)13-4-14-22-19-5-2-1-3-6-19/h1-3,5-10,18H,4,11-15H2. The Bertz CT molecular complexity index is 566. The van der Waals surface area contributed by atoms with E-state index in [1.54, 1.807) is 12.1 Å². The van der Waals surface area contributed by atoms with E-state index in [1.807, 2.05) is 42.5 Å². The SMILES string of the molecule is Fc1ccc(CN(CCCOc2ccccc2)C2CC2)cc1. The van der Waals surface area contributed by atoms with E-state index in [0.29, 0.717) is 6.04 Å². The van der Waals surface area contributed by atoms with Crippen LogP contribution in [-0.4, -0.2) is 24.1 Å². The molecule has 0 atom stereocenters. The molecular weight excluding hydrogens is 277 g/mol. The molecular formula is C19H22FNO. The summed E-state index contributed by atoms with van der Waals surface area (Å²) >= 11 is 0. The lowest BCUT2D eigenvalue weighted by Gasteiger charge is -2.22. The van der Waals surface area contributed by atoms with E-state index >= 15 is 0 Å². The first-order valence-electron chi connectivity index (χ1n) is 7.97. The number of benzene rings is 2. The van der Waals surface area contributed by atoms with E-state index in [0.717, 1.165) is 31.9 Å². The first kappa shape index (κ1) is 15.0. The normalized spacial score (nSPS) is 14.3. The van der Waals surface area contributed by atoms with Crippen molar-refractivity contribution in [2.45, 2.75) is 31.8 Å². The van der Waals surface area contributed by atoms with Gasteiger partial charge in [-0.05, 0) is 49.1 Å². The van der Waals surface area contributed by atoms with Crippen LogP contribution >= 0.6 is 0 Å². The van der Waals surface area contributed by atoms with Crippen molar-refractivity contribution in [1.29, 1.82) is 0 Å². The van der Waals surface area contributed by atoms with Gasteiger partial charge in [-0.3, -0.25) is 4.90 Å². The fourth-order valence-electron chi connectivity index (χ4n) is 2.63. The zero-order chi connectivity index (χ0) is 15.2. The van der Waals surface area contributed by atoms with E-state index in [1.165, 1.54) is 18.4 Å². The molecule has 22 heavy (non-hydrogen) atoms. The smallest absolute Gasteiger partial charge is 0.123 e. The van der Waals surface area contributed by atoms with Crippen LogP contribution in [0, 0.1) is 5.82 Å². The molecule has 0 radical (unpaired) electrons. The molecule has 0 N–H and O–H groups in total. The predicted molar refractivity (Wildman–Crippen MR) is 86.4 cm³/mol. The summed E-state index contributed by atoms with van der Waals surface area (Å²) in [4.78, 5) is 2.49. The molecule has 3 rings (SSSR count). The van der Waals surface area contributed by atoms with Crippen molar-refractivity contribution in [3.8, 4) is 5.75 Å². The third kappa shape index (κ3) is 4.57. The lowest BCUT2D eigenvalue weighted by atomic mass is 10.2. The number of ether oxygens (including phenoxy) is 1. The summed E-state index contributed by atoms with van der Waals surface area (Å²) in [5, 5.41) is 0. The number of para-hydroxylation sites is 1. The van der Waals surface area contributed by atoms with Crippen LogP contribution in [0.1, 0.15) is 24.8 Å². The van der Waals surface area contributed by atoms with Crippen LogP contribution in [0.5, 0.6) is 5.75 Å². The molecule has 1 aliphatic rings. The molecule has 0 bridgehead atoms. The zero-order valence-corrected chi connectivity index (χ0v) is 12.7. The van der Waals surface area contributed by atoms with Gasteiger partial charge in [0.2, 0.25) is 0 Å². The predicted octanol–water partition coefficient (Wildman–Crippen LogP) is 4.26. The fraction of sp³-hybridized carbons (Fsp3) is 0.368. The molecule has 1 aliphatic carbocycles. The van der Waals surface area contributed by atoms with E-state index < -0.39 is 0 Å². The fourth-order valence-corrected chi connectivity index (χ4v) is 2.63. The van der Waals surface area contributed by atoms with Crippen molar-refractivity contribution in [2.75, 3.05) is 13.2 Å². The molecule has 2 aromatic rings. The van der Waals surface area contributed by atoms with Crippen LogP contribution < -0.4 is 4.74 Å². The molecule has 0 heterocycles. The largest absolute Gasteiger partial charge is 0.494 e. The molecule has 2 nitrogen and oxygen atoms in total. The average molecular weight is 299 g/mol. The summed E-state index contributed by atoms with van der Waals surface area (Å²) in [6, 6.07) is 17.5. The number of hydrogen-bond donors (Lipinski definition) is 0. The van der Waals surface area contributed by atoms with Crippen molar-refractivity contribution in [3.63, 3.8) is 0 Å². The Morgan fingerprint density at radius 1 is 1.00 bits per heavy atom. The molecule has 0 aliphatic heterocycles. The van der Waals surface area contributed by atoms with Gasteiger partial charge in [0.15, 0.2) is 0 Å². The van der Waals surface area contributed by atoms with Gasteiger partial charge < -0.3 is 4.74 Å². The highest BCUT2D eigenvalue weighted by molar-refractivity contribution is 5.20. The molecule has 3 heteroatoms. The zero-order valence-electron chi connectivity index (χ0n) is 12.7. The average Bonchev–Trinajstić information content (AvgIpc) is 3.38. The summed E-state index contributed by atoms with van der Waals surface area (Å²) in [5.74, 6) is 0.761. The summed E-state index contributed by atoms with van der Waals surface area (Å²) in [6.07, 6.45) is 3.56. The maximum absolute atomic E-state index is 13.0. The highest BCUT2D eigenvalue weighted by Crippen LogP contribution is 2.28. The van der Waals surface area contributed by atoms with Crippen LogP contribution in [-0.2, 0) is 6.54 Å². The number of halogens is 1. The molecule has 0 unspecified atom stereocenters. The monoisotopic (exact) mass is 299 g/mol. The van der Waals surface area contributed by atoms with E-state index in [2.05, 4.69) is 4.90 Å². The van der Waals surface area contributed by atoms with Gasteiger partial charge in [-0.1, -0.05) is 30.3 Å². The van der Waals surface area contributed by atoms with E-state index in [9.17, 15) is 4.39 Å². The molecule has 0 aromatic heterocycles. The van der Waals surface area contributed by atoms with Gasteiger partial charge in [0, 0.05) is 19.1 Å². The minimum Gasteiger partial charge on any atom is -0.494 e. The topological polar surface area (TPSA) is 12.5 Å². The van der Waals surface area contributed by atoms with Crippen molar-refractivity contribution in [2.24, 2.45) is 0 Å². The number of nitrogens with zero attached hydrogens (tertiary/aromatic N) is 1. The van der Waals surface area contributed by atoms with Gasteiger partial charge >= 0.3 is 0 Å². The molecule has 1 saturated carbocycles. The molecule has 1 fully saturated rings. The van der Waals surface area contributed by atoms with Gasteiger partial charge in [0.05, 0.1) is 6.61 Å². The van der Waals surface area contributed by atoms with Crippen molar-refractivity contribution < 1.29 is 9.13 Å². The Morgan fingerprint density at radius 3 is 2.41 bits per heavy atom. The maximum Gasteiger partial charge on any atom is 0.123 e. The maximum atomic E-state index is 13.0. The Labute approximate surface area is 131 Å². The number of rotatable bonds is 8. The van der Waals surface area contributed by atoms with Crippen molar-refractivity contribution in [3.05, 3.63) is 66.0 Å². The van der Waals surface area contributed by atoms with E-state index in [4.69, 9.17) is 4.74 Å². The second-order valence-corrected chi connectivity index (χ2v) is 5.84. The molecule has 2 aromatic carbocycles. The summed E-state index contributed by atoms with van der Waals surface area (Å²) in [5.41, 5.74) is 1.18. The lowest BCUT2D eigenvalue weighted by molar-refractivity contribution is 0.220.